The van der Waals surface area contributed by atoms with Crippen LogP contribution in [0.25, 0.3) is 0 Å². The van der Waals surface area contributed by atoms with Crippen molar-refractivity contribution in [1.82, 2.24) is 4.90 Å². The maximum absolute atomic E-state index is 9.37. The molecule has 1 aliphatic rings. The van der Waals surface area contributed by atoms with Gasteiger partial charge < -0.3 is 10.3 Å². The number of nitrogens with zero attached hydrogens (tertiary/aromatic N) is 2. The molecular weight excluding hydrogens is 228 g/mol. The molecule has 1 aliphatic heterocycles. The molecule has 1 aromatic carbocycles. The van der Waals surface area contributed by atoms with Gasteiger partial charge in [-0.15, -0.1) is 6.58 Å². The molecule has 96 valence electrons. The summed E-state index contributed by atoms with van der Waals surface area (Å²) in [6.45, 7) is 5.13. The Kier molecular flexibility index (Phi) is 4.12. The van der Waals surface area contributed by atoms with E-state index in [1.54, 1.807) is 0 Å². The molecule has 4 nitrogen and oxygen atoms in total. The van der Waals surface area contributed by atoms with E-state index in [1.807, 2.05) is 36.4 Å². The maximum atomic E-state index is 9.37. The van der Waals surface area contributed by atoms with Crippen molar-refractivity contribution in [3.05, 3.63) is 48.6 Å². The molecule has 0 aliphatic carbocycles. The van der Waals surface area contributed by atoms with Crippen LogP contribution >= 0.6 is 0 Å². The lowest BCUT2D eigenvalue weighted by Gasteiger charge is -2.22. The van der Waals surface area contributed by atoms with Crippen LogP contribution in [0.15, 0.2) is 48.1 Å². The summed E-state index contributed by atoms with van der Waals surface area (Å²) in [7, 11) is 0. The predicted molar refractivity (Wildman–Crippen MR) is 70.8 cm³/mol. The molecular formula is C14H18N2O2. The van der Waals surface area contributed by atoms with Crippen LogP contribution in [0.1, 0.15) is 11.6 Å². The zero-order chi connectivity index (χ0) is 13.0. The van der Waals surface area contributed by atoms with E-state index in [0.29, 0.717) is 18.8 Å². The lowest BCUT2D eigenvalue weighted by atomic mass is 9.98. The Bertz CT molecular complexity index is 431. The molecule has 2 atom stereocenters. The number of aliphatic hydroxyl groups excluding tert-OH is 1. The number of aliphatic hydroxyl groups is 1. The topological polar surface area (TPSA) is 56.1 Å². The third-order valence-electron chi connectivity index (χ3n) is 3.33. The Morgan fingerprint density at radius 3 is 2.67 bits per heavy atom. The number of rotatable bonds is 4. The van der Waals surface area contributed by atoms with Gasteiger partial charge in [-0.05, 0) is 5.56 Å². The standard InChI is InChI=1S/C14H18N2O2/c1-2-8-16-9-12(10-17)13(15-18)14(16)11-6-4-3-5-7-11/h2-7,12,14,17-18H,1,8-10H2/b15-13+/t12-,14-/m1/s1. The third-order valence-corrected chi connectivity index (χ3v) is 3.33. The fourth-order valence-corrected chi connectivity index (χ4v) is 2.54. The minimum absolute atomic E-state index is 0.00360. The summed E-state index contributed by atoms with van der Waals surface area (Å²) in [5.41, 5.74) is 1.70. The van der Waals surface area contributed by atoms with E-state index in [1.165, 1.54) is 0 Å². The van der Waals surface area contributed by atoms with Crippen LogP contribution in [0.3, 0.4) is 0 Å². The summed E-state index contributed by atoms with van der Waals surface area (Å²) in [6, 6.07) is 9.81. The highest BCUT2D eigenvalue weighted by atomic mass is 16.4. The van der Waals surface area contributed by atoms with Crippen LogP contribution in [0.5, 0.6) is 0 Å². The van der Waals surface area contributed by atoms with Gasteiger partial charge in [0, 0.05) is 19.0 Å². The molecule has 4 heteroatoms. The minimum Gasteiger partial charge on any atom is -0.411 e. The third kappa shape index (κ3) is 2.30. The first-order valence-corrected chi connectivity index (χ1v) is 6.04. The van der Waals surface area contributed by atoms with Crippen molar-refractivity contribution in [3.63, 3.8) is 0 Å². The molecule has 1 heterocycles. The number of benzene rings is 1. The molecule has 0 unspecified atom stereocenters. The number of hydrogen-bond acceptors (Lipinski definition) is 4. The predicted octanol–water partition coefficient (Wildman–Crippen LogP) is 1.67. The largest absolute Gasteiger partial charge is 0.411 e. The van der Waals surface area contributed by atoms with Crippen LogP contribution in [0, 0.1) is 5.92 Å². The molecule has 0 saturated carbocycles. The molecule has 0 amide bonds. The van der Waals surface area contributed by atoms with Gasteiger partial charge in [0.15, 0.2) is 0 Å². The van der Waals surface area contributed by atoms with E-state index in [9.17, 15) is 10.3 Å². The SMILES string of the molecule is C=CCN1C[C@H](CO)/C(=N\O)[C@H]1c1ccccc1. The zero-order valence-electron chi connectivity index (χ0n) is 10.2. The molecule has 0 radical (unpaired) electrons. The minimum atomic E-state index is -0.111. The van der Waals surface area contributed by atoms with Crippen molar-refractivity contribution < 1.29 is 10.3 Å². The van der Waals surface area contributed by atoms with Crippen LogP contribution in [-0.2, 0) is 0 Å². The van der Waals surface area contributed by atoms with E-state index >= 15 is 0 Å². The number of hydrogen-bond donors (Lipinski definition) is 2. The first-order chi connectivity index (χ1) is 8.81. The Morgan fingerprint density at radius 2 is 2.11 bits per heavy atom. The lowest BCUT2D eigenvalue weighted by Crippen LogP contribution is -2.25. The monoisotopic (exact) mass is 246 g/mol. The second-order valence-electron chi connectivity index (χ2n) is 4.46. The molecule has 0 bridgehead atoms. The van der Waals surface area contributed by atoms with Crippen molar-refractivity contribution in [2.24, 2.45) is 11.1 Å². The summed E-state index contributed by atoms with van der Waals surface area (Å²) in [6.07, 6.45) is 1.82. The average molecular weight is 246 g/mol. The summed E-state index contributed by atoms with van der Waals surface area (Å²) in [4.78, 5) is 2.15. The maximum Gasteiger partial charge on any atom is 0.0853 e. The smallest absolute Gasteiger partial charge is 0.0853 e. The molecule has 2 N–H and O–H groups in total. The van der Waals surface area contributed by atoms with Gasteiger partial charge in [0.05, 0.1) is 18.4 Å². The van der Waals surface area contributed by atoms with E-state index in [0.717, 1.165) is 5.56 Å². The van der Waals surface area contributed by atoms with Crippen molar-refractivity contribution in [1.29, 1.82) is 0 Å². The number of likely N-dealkylation sites (tertiary alicyclic amines) is 1. The average Bonchev–Trinajstić information content (AvgIpc) is 2.77. The van der Waals surface area contributed by atoms with E-state index in [4.69, 9.17) is 0 Å². The molecule has 18 heavy (non-hydrogen) atoms. The van der Waals surface area contributed by atoms with Gasteiger partial charge in [-0.1, -0.05) is 41.6 Å². The second-order valence-corrected chi connectivity index (χ2v) is 4.46. The van der Waals surface area contributed by atoms with Gasteiger partial charge >= 0.3 is 0 Å². The van der Waals surface area contributed by atoms with Gasteiger partial charge in [0.25, 0.3) is 0 Å². The fraction of sp³-hybridized carbons (Fsp3) is 0.357. The van der Waals surface area contributed by atoms with Gasteiger partial charge in [0.1, 0.15) is 0 Å². The quantitative estimate of drug-likeness (QED) is 0.482. The molecule has 0 spiro atoms. The molecule has 1 aromatic rings. The Morgan fingerprint density at radius 1 is 1.39 bits per heavy atom. The highest BCUT2D eigenvalue weighted by Crippen LogP contribution is 2.32. The van der Waals surface area contributed by atoms with Crippen LogP contribution in [-0.4, -0.2) is 40.6 Å². The normalized spacial score (nSPS) is 26.6. The van der Waals surface area contributed by atoms with Crippen LogP contribution < -0.4 is 0 Å². The lowest BCUT2D eigenvalue weighted by molar-refractivity contribution is 0.229. The summed E-state index contributed by atoms with van der Waals surface area (Å²) in [5, 5.41) is 22.0. The zero-order valence-corrected chi connectivity index (χ0v) is 10.2. The van der Waals surface area contributed by atoms with Gasteiger partial charge in [-0.3, -0.25) is 4.90 Å². The molecule has 0 aromatic heterocycles. The second kappa shape index (κ2) is 5.80. The molecule has 1 fully saturated rings. The van der Waals surface area contributed by atoms with Gasteiger partial charge in [0.2, 0.25) is 0 Å². The summed E-state index contributed by atoms with van der Waals surface area (Å²) >= 11 is 0. The molecule has 2 rings (SSSR count). The van der Waals surface area contributed by atoms with Crippen molar-refractivity contribution in [3.8, 4) is 0 Å². The first-order valence-electron chi connectivity index (χ1n) is 6.04. The molecule has 1 saturated heterocycles. The van der Waals surface area contributed by atoms with Crippen molar-refractivity contribution in [2.45, 2.75) is 6.04 Å². The van der Waals surface area contributed by atoms with E-state index in [-0.39, 0.29) is 18.6 Å². The van der Waals surface area contributed by atoms with E-state index < -0.39 is 0 Å². The Hall–Kier alpha value is -1.65. The number of oxime groups is 1. The van der Waals surface area contributed by atoms with Crippen molar-refractivity contribution >= 4 is 5.71 Å². The summed E-state index contributed by atoms with van der Waals surface area (Å²) in [5.74, 6) is -0.111. The highest BCUT2D eigenvalue weighted by Gasteiger charge is 2.38. The van der Waals surface area contributed by atoms with Crippen molar-refractivity contribution in [2.75, 3.05) is 19.7 Å². The first kappa shape index (κ1) is 12.8. The van der Waals surface area contributed by atoms with Crippen LogP contribution in [0.4, 0.5) is 0 Å². The van der Waals surface area contributed by atoms with Gasteiger partial charge in [-0.2, -0.15) is 0 Å². The van der Waals surface area contributed by atoms with E-state index in [2.05, 4.69) is 16.6 Å². The Balaban J connectivity index is 2.35. The summed E-state index contributed by atoms with van der Waals surface area (Å²) < 4.78 is 0. The van der Waals surface area contributed by atoms with Crippen LogP contribution in [0.2, 0.25) is 0 Å². The van der Waals surface area contributed by atoms with Gasteiger partial charge in [-0.25, -0.2) is 0 Å². The fourth-order valence-electron chi connectivity index (χ4n) is 2.54. The Labute approximate surface area is 107 Å². The highest BCUT2D eigenvalue weighted by molar-refractivity contribution is 5.94.